The molecule has 0 atom stereocenters. The first-order chi connectivity index (χ1) is 9.99. The fourth-order valence-electron chi connectivity index (χ4n) is 2.44. The summed E-state index contributed by atoms with van der Waals surface area (Å²) in [6.07, 6.45) is 0. The van der Waals surface area contributed by atoms with Crippen LogP contribution in [0.15, 0.2) is 18.2 Å². The SMILES string of the molecule is CC(=O)c1nn(-c2ccc3c(c2)OCO3)c(C)c1C(C)=O. The van der Waals surface area contributed by atoms with E-state index < -0.39 is 0 Å². The molecule has 6 heteroatoms. The van der Waals surface area contributed by atoms with Crippen molar-refractivity contribution in [3.05, 3.63) is 35.2 Å². The minimum atomic E-state index is -0.234. The molecule has 0 saturated carbocycles. The molecule has 21 heavy (non-hydrogen) atoms. The summed E-state index contributed by atoms with van der Waals surface area (Å²) in [6.45, 7) is 4.79. The van der Waals surface area contributed by atoms with E-state index in [0.29, 0.717) is 28.4 Å². The zero-order valence-corrected chi connectivity index (χ0v) is 12.0. The van der Waals surface area contributed by atoms with Gasteiger partial charge < -0.3 is 9.47 Å². The molecule has 0 spiro atoms. The fourth-order valence-corrected chi connectivity index (χ4v) is 2.44. The maximum absolute atomic E-state index is 11.8. The zero-order chi connectivity index (χ0) is 15.1. The summed E-state index contributed by atoms with van der Waals surface area (Å²) in [5, 5.41) is 4.28. The van der Waals surface area contributed by atoms with Gasteiger partial charge >= 0.3 is 0 Å². The standard InChI is InChI=1S/C15H14N2O4/c1-8-14(9(2)18)15(10(3)19)16-17(8)11-4-5-12-13(6-11)21-7-20-12/h4-6H,7H2,1-3H3. The number of rotatable bonds is 3. The Morgan fingerprint density at radius 2 is 1.86 bits per heavy atom. The third-order valence-corrected chi connectivity index (χ3v) is 3.40. The lowest BCUT2D eigenvalue weighted by molar-refractivity contribution is 0.0978. The number of Topliss-reactive ketones (excluding diaryl/α,β-unsaturated/α-hetero) is 2. The van der Waals surface area contributed by atoms with E-state index in [0.717, 1.165) is 0 Å². The van der Waals surface area contributed by atoms with Gasteiger partial charge in [-0.15, -0.1) is 0 Å². The topological polar surface area (TPSA) is 70.4 Å². The number of hydrogen-bond donors (Lipinski definition) is 0. The van der Waals surface area contributed by atoms with E-state index in [2.05, 4.69) is 5.10 Å². The number of benzene rings is 1. The Balaban J connectivity index is 2.17. The van der Waals surface area contributed by atoms with Gasteiger partial charge in [0.1, 0.15) is 5.69 Å². The first-order valence-electron chi connectivity index (χ1n) is 6.50. The van der Waals surface area contributed by atoms with Crippen molar-refractivity contribution in [2.75, 3.05) is 6.79 Å². The Morgan fingerprint density at radius 1 is 1.14 bits per heavy atom. The van der Waals surface area contributed by atoms with Gasteiger partial charge in [-0.25, -0.2) is 4.68 Å². The molecular weight excluding hydrogens is 272 g/mol. The molecule has 0 bridgehead atoms. The van der Waals surface area contributed by atoms with Crippen LogP contribution in [0.1, 0.15) is 40.4 Å². The van der Waals surface area contributed by atoms with E-state index in [4.69, 9.17) is 9.47 Å². The second-order valence-electron chi connectivity index (χ2n) is 4.87. The van der Waals surface area contributed by atoms with Crippen LogP contribution in [0, 0.1) is 6.92 Å². The van der Waals surface area contributed by atoms with E-state index >= 15 is 0 Å². The molecule has 0 radical (unpaired) electrons. The molecule has 3 rings (SSSR count). The van der Waals surface area contributed by atoms with Crippen LogP contribution in [0.5, 0.6) is 11.5 Å². The normalized spacial score (nSPS) is 12.5. The molecule has 0 amide bonds. The third kappa shape index (κ3) is 2.08. The molecule has 0 fully saturated rings. The molecule has 0 aliphatic carbocycles. The number of carbonyl (C=O) groups excluding carboxylic acids is 2. The van der Waals surface area contributed by atoms with Crippen molar-refractivity contribution in [1.82, 2.24) is 9.78 Å². The summed E-state index contributed by atoms with van der Waals surface area (Å²) >= 11 is 0. The highest BCUT2D eigenvalue weighted by atomic mass is 16.7. The molecular formula is C15H14N2O4. The van der Waals surface area contributed by atoms with E-state index in [1.165, 1.54) is 13.8 Å². The van der Waals surface area contributed by atoms with Crippen LogP contribution in [0.3, 0.4) is 0 Å². The van der Waals surface area contributed by atoms with Crippen molar-refractivity contribution in [2.45, 2.75) is 20.8 Å². The highest BCUT2D eigenvalue weighted by Gasteiger charge is 2.23. The second kappa shape index (κ2) is 4.73. The molecule has 1 aliphatic heterocycles. The average Bonchev–Trinajstić information content (AvgIpc) is 3.01. The van der Waals surface area contributed by atoms with Crippen molar-refractivity contribution < 1.29 is 19.1 Å². The molecule has 108 valence electrons. The molecule has 1 aliphatic rings. The maximum atomic E-state index is 11.8. The van der Waals surface area contributed by atoms with Crippen LogP contribution < -0.4 is 9.47 Å². The van der Waals surface area contributed by atoms with Crippen molar-refractivity contribution in [1.29, 1.82) is 0 Å². The van der Waals surface area contributed by atoms with Gasteiger partial charge in [-0.3, -0.25) is 9.59 Å². The molecule has 0 saturated heterocycles. The summed E-state index contributed by atoms with van der Waals surface area (Å²) in [5.74, 6) is 0.880. The van der Waals surface area contributed by atoms with Crippen LogP contribution in [-0.4, -0.2) is 28.1 Å². The van der Waals surface area contributed by atoms with E-state index in [9.17, 15) is 9.59 Å². The molecule has 0 unspecified atom stereocenters. The minimum absolute atomic E-state index is 0.176. The molecule has 2 aromatic rings. The minimum Gasteiger partial charge on any atom is -0.454 e. The van der Waals surface area contributed by atoms with Crippen molar-refractivity contribution >= 4 is 11.6 Å². The number of hydrogen-bond acceptors (Lipinski definition) is 5. The Kier molecular flexibility index (Phi) is 3.01. The lowest BCUT2D eigenvalue weighted by Gasteiger charge is -2.05. The summed E-state index contributed by atoms with van der Waals surface area (Å²) in [7, 11) is 0. The monoisotopic (exact) mass is 286 g/mol. The van der Waals surface area contributed by atoms with Gasteiger partial charge in [0.25, 0.3) is 0 Å². The average molecular weight is 286 g/mol. The van der Waals surface area contributed by atoms with Crippen LogP contribution >= 0.6 is 0 Å². The Labute approximate surface area is 121 Å². The highest BCUT2D eigenvalue weighted by Crippen LogP contribution is 2.34. The Bertz CT molecular complexity index is 761. The quantitative estimate of drug-likeness (QED) is 0.810. The number of nitrogens with zero attached hydrogens (tertiary/aromatic N) is 2. The van der Waals surface area contributed by atoms with E-state index in [-0.39, 0.29) is 24.1 Å². The predicted octanol–water partition coefficient (Wildman–Crippen LogP) is 2.31. The predicted molar refractivity (Wildman–Crippen MR) is 74.4 cm³/mol. The number of carbonyl (C=O) groups is 2. The molecule has 0 N–H and O–H groups in total. The summed E-state index contributed by atoms with van der Waals surface area (Å²) in [4.78, 5) is 23.5. The van der Waals surface area contributed by atoms with Crippen molar-refractivity contribution in [3.8, 4) is 17.2 Å². The maximum Gasteiger partial charge on any atom is 0.231 e. The zero-order valence-electron chi connectivity index (χ0n) is 12.0. The van der Waals surface area contributed by atoms with Crippen molar-refractivity contribution in [3.63, 3.8) is 0 Å². The summed E-state index contributed by atoms with van der Waals surface area (Å²) in [5.41, 5.74) is 1.90. The highest BCUT2D eigenvalue weighted by molar-refractivity contribution is 6.06. The van der Waals surface area contributed by atoms with Gasteiger partial charge in [-0.05, 0) is 26.0 Å². The summed E-state index contributed by atoms with van der Waals surface area (Å²) < 4.78 is 12.2. The van der Waals surface area contributed by atoms with Gasteiger partial charge in [0.2, 0.25) is 6.79 Å². The van der Waals surface area contributed by atoms with Gasteiger partial charge in [-0.1, -0.05) is 0 Å². The van der Waals surface area contributed by atoms with Crippen LogP contribution in [0.25, 0.3) is 5.69 Å². The molecule has 6 nitrogen and oxygen atoms in total. The number of fused-ring (bicyclic) bond motifs is 1. The van der Waals surface area contributed by atoms with Crippen molar-refractivity contribution in [2.24, 2.45) is 0 Å². The van der Waals surface area contributed by atoms with E-state index in [1.807, 2.05) is 0 Å². The van der Waals surface area contributed by atoms with Crippen LogP contribution in [0.4, 0.5) is 0 Å². The second-order valence-corrected chi connectivity index (χ2v) is 4.87. The fraction of sp³-hybridized carbons (Fsp3) is 0.267. The summed E-state index contributed by atoms with van der Waals surface area (Å²) in [6, 6.07) is 5.36. The first kappa shape index (κ1) is 13.4. The Hall–Kier alpha value is -2.63. The van der Waals surface area contributed by atoms with Crippen LogP contribution in [0.2, 0.25) is 0 Å². The number of ketones is 2. The van der Waals surface area contributed by atoms with E-state index in [1.54, 1.807) is 29.8 Å². The van der Waals surface area contributed by atoms with Gasteiger partial charge in [0.15, 0.2) is 23.1 Å². The molecule has 1 aromatic carbocycles. The van der Waals surface area contributed by atoms with Gasteiger partial charge in [-0.2, -0.15) is 5.10 Å². The van der Waals surface area contributed by atoms with Crippen LogP contribution in [-0.2, 0) is 0 Å². The molecule has 2 heterocycles. The lowest BCUT2D eigenvalue weighted by atomic mass is 10.1. The molecule has 1 aromatic heterocycles. The third-order valence-electron chi connectivity index (χ3n) is 3.40. The number of ether oxygens (including phenoxy) is 2. The smallest absolute Gasteiger partial charge is 0.231 e. The Morgan fingerprint density at radius 3 is 2.48 bits per heavy atom. The lowest BCUT2D eigenvalue weighted by Crippen LogP contribution is -2.02. The largest absolute Gasteiger partial charge is 0.454 e. The number of aromatic nitrogens is 2. The first-order valence-corrected chi connectivity index (χ1v) is 6.50. The van der Waals surface area contributed by atoms with Gasteiger partial charge in [0, 0.05) is 13.0 Å². The van der Waals surface area contributed by atoms with Gasteiger partial charge in [0.05, 0.1) is 16.9 Å².